The molecular formula is C26H33N3O4. The summed E-state index contributed by atoms with van der Waals surface area (Å²) in [5.41, 5.74) is 1.36. The number of nitrogens with zero attached hydrogens (tertiary/aromatic N) is 2. The van der Waals surface area contributed by atoms with Gasteiger partial charge in [0.25, 0.3) is 5.69 Å². The summed E-state index contributed by atoms with van der Waals surface area (Å²) >= 11 is 0. The van der Waals surface area contributed by atoms with Crippen LogP contribution in [-0.4, -0.2) is 40.3 Å². The van der Waals surface area contributed by atoms with Crippen molar-refractivity contribution in [1.82, 2.24) is 10.2 Å². The fraction of sp³-hybridized carbons (Fsp3) is 0.462. The smallest absolute Gasteiger partial charge is 0.273 e. The van der Waals surface area contributed by atoms with E-state index in [0.717, 1.165) is 31.2 Å². The minimum Gasteiger partial charge on any atom is -0.352 e. The van der Waals surface area contributed by atoms with E-state index < -0.39 is 11.0 Å². The van der Waals surface area contributed by atoms with Crippen molar-refractivity contribution in [2.45, 2.75) is 70.4 Å². The minimum atomic E-state index is -0.606. The molecule has 0 spiro atoms. The Hall–Kier alpha value is -3.22. The van der Waals surface area contributed by atoms with Crippen LogP contribution in [0.2, 0.25) is 0 Å². The van der Waals surface area contributed by atoms with Crippen molar-refractivity contribution in [3.63, 3.8) is 0 Å². The molecule has 0 aliphatic heterocycles. The van der Waals surface area contributed by atoms with Crippen molar-refractivity contribution in [3.8, 4) is 0 Å². The van der Waals surface area contributed by atoms with Gasteiger partial charge in [-0.1, -0.05) is 74.7 Å². The molecule has 2 aromatic carbocycles. The summed E-state index contributed by atoms with van der Waals surface area (Å²) in [6, 6.07) is 15.7. The lowest BCUT2D eigenvalue weighted by atomic mass is 9.95. The number of amides is 2. The van der Waals surface area contributed by atoms with E-state index in [1.165, 1.54) is 12.5 Å². The summed E-state index contributed by atoms with van der Waals surface area (Å²) < 4.78 is 0. The lowest BCUT2D eigenvalue weighted by molar-refractivity contribution is -0.385. The predicted molar refractivity (Wildman–Crippen MR) is 128 cm³/mol. The number of nitrogens with one attached hydrogen (secondary N) is 1. The van der Waals surface area contributed by atoms with Gasteiger partial charge in [0, 0.05) is 24.2 Å². The number of hydrogen-bond donors (Lipinski definition) is 1. The molecule has 176 valence electrons. The zero-order valence-electron chi connectivity index (χ0n) is 19.2. The number of nitro groups is 1. The van der Waals surface area contributed by atoms with Crippen LogP contribution < -0.4 is 5.32 Å². The first-order valence-electron chi connectivity index (χ1n) is 11.9. The van der Waals surface area contributed by atoms with Crippen molar-refractivity contribution < 1.29 is 14.5 Å². The van der Waals surface area contributed by atoms with E-state index in [4.69, 9.17) is 0 Å². The third-order valence-electron chi connectivity index (χ3n) is 6.35. The first-order chi connectivity index (χ1) is 16.0. The Morgan fingerprint density at radius 2 is 1.73 bits per heavy atom. The molecule has 1 N–H and O–H groups in total. The van der Waals surface area contributed by atoms with Gasteiger partial charge < -0.3 is 10.2 Å². The zero-order valence-corrected chi connectivity index (χ0v) is 19.2. The lowest BCUT2D eigenvalue weighted by Gasteiger charge is -2.33. The maximum atomic E-state index is 13.4. The Balaban J connectivity index is 1.79. The summed E-state index contributed by atoms with van der Waals surface area (Å²) in [5.74, 6) is -0.403. The van der Waals surface area contributed by atoms with Crippen LogP contribution >= 0.6 is 0 Å². The number of hydrogen-bond acceptors (Lipinski definition) is 4. The quantitative estimate of drug-likeness (QED) is 0.427. The molecule has 0 unspecified atom stereocenters. The highest BCUT2D eigenvalue weighted by molar-refractivity contribution is 5.89. The van der Waals surface area contributed by atoms with Crippen LogP contribution in [-0.2, 0) is 22.4 Å². The van der Waals surface area contributed by atoms with E-state index >= 15 is 0 Å². The highest BCUT2D eigenvalue weighted by Gasteiger charge is 2.31. The highest BCUT2D eigenvalue weighted by atomic mass is 16.6. The average molecular weight is 452 g/mol. The molecule has 1 aliphatic carbocycles. The van der Waals surface area contributed by atoms with E-state index in [1.54, 1.807) is 23.1 Å². The van der Waals surface area contributed by atoms with E-state index in [-0.39, 0.29) is 30.0 Å². The summed E-state index contributed by atoms with van der Waals surface area (Å²) in [6.07, 6.45) is 6.33. The molecule has 0 aromatic heterocycles. The van der Waals surface area contributed by atoms with Crippen LogP contribution in [0.25, 0.3) is 0 Å². The third kappa shape index (κ3) is 6.88. The molecule has 7 heteroatoms. The van der Waals surface area contributed by atoms with Gasteiger partial charge in [0.05, 0.1) is 11.3 Å². The Kier molecular flexibility index (Phi) is 8.98. The van der Waals surface area contributed by atoms with E-state index in [1.807, 2.05) is 37.3 Å². The third-order valence-corrected chi connectivity index (χ3v) is 6.35. The SMILES string of the molecule is CC[C@H](C(=O)NC1CCCCC1)N(CCc1ccccc1)C(=O)Cc1ccccc1[N+](=O)[O-]. The number of carbonyl (C=O) groups is 2. The summed E-state index contributed by atoms with van der Waals surface area (Å²) in [7, 11) is 0. The van der Waals surface area contributed by atoms with Crippen LogP contribution in [0.3, 0.4) is 0 Å². The number of rotatable bonds is 10. The van der Waals surface area contributed by atoms with Crippen LogP contribution in [0.15, 0.2) is 54.6 Å². The van der Waals surface area contributed by atoms with E-state index in [9.17, 15) is 19.7 Å². The second-order valence-corrected chi connectivity index (χ2v) is 8.65. The standard InChI is InChI=1S/C26H33N3O4/c1-2-23(26(31)27-22-14-7-4-8-15-22)28(18-17-20-11-5-3-6-12-20)25(30)19-21-13-9-10-16-24(21)29(32)33/h3,5-6,9-13,16,22-23H,2,4,7-8,14-15,17-19H2,1H3,(H,27,31)/t23-/m1/s1. The maximum absolute atomic E-state index is 13.4. The number of benzene rings is 2. The van der Waals surface area contributed by atoms with Gasteiger partial charge in [-0.15, -0.1) is 0 Å². The normalized spacial score (nSPS) is 14.9. The molecule has 1 fully saturated rings. The van der Waals surface area contributed by atoms with Gasteiger partial charge in [-0.3, -0.25) is 19.7 Å². The molecule has 1 aliphatic rings. The van der Waals surface area contributed by atoms with Gasteiger partial charge in [0.2, 0.25) is 11.8 Å². The van der Waals surface area contributed by atoms with Crippen LogP contribution in [0.5, 0.6) is 0 Å². The number of para-hydroxylation sites is 1. The predicted octanol–water partition coefficient (Wildman–Crippen LogP) is 4.44. The first-order valence-corrected chi connectivity index (χ1v) is 11.9. The van der Waals surface area contributed by atoms with Gasteiger partial charge >= 0.3 is 0 Å². The molecule has 2 aromatic rings. The molecule has 7 nitrogen and oxygen atoms in total. The number of nitro benzene ring substituents is 1. The Morgan fingerprint density at radius 1 is 1.06 bits per heavy atom. The molecular weight excluding hydrogens is 418 g/mol. The molecule has 33 heavy (non-hydrogen) atoms. The van der Waals surface area contributed by atoms with Crippen LogP contribution in [0.4, 0.5) is 5.69 Å². The Morgan fingerprint density at radius 3 is 2.39 bits per heavy atom. The molecule has 0 saturated heterocycles. The van der Waals surface area contributed by atoms with Gasteiger partial charge in [-0.05, 0) is 31.2 Å². The zero-order chi connectivity index (χ0) is 23.6. The summed E-state index contributed by atoms with van der Waals surface area (Å²) in [6.45, 7) is 2.28. The maximum Gasteiger partial charge on any atom is 0.273 e. The molecule has 1 saturated carbocycles. The topological polar surface area (TPSA) is 92.6 Å². The van der Waals surface area contributed by atoms with E-state index in [0.29, 0.717) is 24.9 Å². The van der Waals surface area contributed by atoms with Crippen LogP contribution in [0, 0.1) is 10.1 Å². The van der Waals surface area contributed by atoms with Crippen molar-refractivity contribution >= 4 is 17.5 Å². The lowest BCUT2D eigenvalue weighted by Crippen LogP contribution is -2.52. The second-order valence-electron chi connectivity index (χ2n) is 8.65. The largest absolute Gasteiger partial charge is 0.352 e. The molecule has 1 atom stereocenters. The summed E-state index contributed by atoms with van der Waals surface area (Å²) in [4.78, 5) is 39.2. The molecule has 3 rings (SSSR count). The Labute approximate surface area is 195 Å². The fourth-order valence-electron chi connectivity index (χ4n) is 4.54. The first kappa shape index (κ1) is 24.4. The van der Waals surface area contributed by atoms with Crippen molar-refractivity contribution in [3.05, 3.63) is 75.8 Å². The average Bonchev–Trinajstić information content (AvgIpc) is 2.83. The Bertz CT molecular complexity index is 942. The van der Waals surface area contributed by atoms with E-state index in [2.05, 4.69) is 5.32 Å². The van der Waals surface area contributed by atoms with Gasteiger partial charge in [-0.25, -0.2) is 0 Å². The minimum absolute atomic E-state index is 0.0754. The summed E-state index contributed by atoms with van der Waals surface area (Å²) in [5, 5.41) is 14.6. The fourth-order valence-corrected chi connectivity index (χ4v) is 4.54. The van der Waals surface area contributed by atoms with Gasteiger partial charge in [0.1, 0.15) is 6.04 Å². The van der Waals surface area contributed by atoms with Crippen molar-refractivity contribution in [2.75, 3.05) is 6.54 Å². The van der Waals surface area contributed by atoms with Crippen molar-refractivity contribution in [2.24, 2.45) is 0 Å². The second kappa shape index (κ2) is 12.1. The molecule has 0 radical (unpaired) electrons. The molecule has 2 amide bonds. The van der Waals surface area contributed by atoms with Crippen molar-refractivity contribution in [1.29, 1.82) is 0 Å². The number of carbonyl (C=O) groups excluding carboxylic acids is 2. The van der Waals surface area contributed by atoms with Gasteiger partial charge in [-0.2, -0.15) is 0 Å². The monoisotopic (exact) mass is 451 g/mol. The molecule has 0 heterocycles. The molecule has 0 bridgehead atoms. The van der Waals surface area contributed by atoms with Gasteiger partial charge in [0.15, 0.2) is 0 Å². The van der Waals surface area contributed by atoms with Crippen LogP contribution in [0.1, 0.15) is 56.6 Å². The highest BCUT2D eigenvalue weighted by Crippen LogP contribution is 2.21.